The predicted molar refractivity (Wildman–Crippen MR) is 135 cm³/mol. The van der Waals surface area contributed by atoms with Gasteiger partial charge in [0.25, 0.3) is 0 Å². The molecule has 0 saturated carbocycles. The first kappa shape index (κ1) is 25.6. The van der Waals surface area contributed by atoms with Crippen LogP contribution in [0.4, 0.5) is 0 Å². The lowest BCUT2D eigenvalue weighted by atomic mass is 10.0. The van der Waals surface area contributed by atoms with Crippen molar-refractivity contribution in [3.05, 3.63) is 102 Å². The second kappa shape index (κ2) is 12.3. The zero-order chi connectivity index (χ0) is 23.6. The molecule has 0 saturated heterocycles. The van der Waals surface area contributed by atoms with Crippen LogP contribution < -0.4 is 16.8 Å². The summed E-state index contributed by atoms with van der Waals surface area (Å²) in [5, 5.41) is 3.34. The average molecular weight is 420 g/mol. The van der Waals surface area contributed by atoms with E-state index in [-0.39, 0.29) is 0 Å². The van der Waals surface area contributed by atoms with E-state index in [1.165, 1.54) is 11.8 Å². The molecule has 0 atom stereocenters. The molecular formula is C26H37N5. The van der Waals surface area contributed by atoms with Crippen LogP contribution in [0.5, 0.6) is 0 Å². The molecule has 0 fully saturated rings. The Morgan fingerprint density at radius 2 is 1.77 bits per heavy atom. The van der Waals surface area contributed by atoms with Gasteiger partial charge in [-0.05, 0) is 54.7 Å². The van der Waals surface area contributed by atoms with Crippen LogP contribution in [-0.2, 0) is 6.54 Å². The molecule has 1 aliphatic rings. The smallest absolute Gasteiger partial charge is 0.155 e. The van der Waals surface area contributed by atoms with Crippen molar-refractivity contribution in [2.75, 3.05) is 0 Å². The Bertz CT molecular complexity index is 927. The molecule has 1 aromatic carbocycles. The maximum Gasteiger partial charge on any atom is 0.155 e. The minimum Gasteiger partial charge on any atom is -0.402 e. The van der Waals surface area contributed by atoms with Gasteiger partial charge < -0.3 is 16.8 Å². The van der Waals surface area contributed by atoms with Crippen molar-refractivity contribution in [2.24, 2.45) is 16.5 Å². The molecule has 0 aromatic heterocycles. The number of benzene rings is 1. The number of aliphatic imine (C=N–C) groups is 1. The average Bonchev–Trinajstić information content (AvgIpc) is 2.81. The molecule has 0 unspecified atom stereocenters. The van der Waals surface area contributed by atoms with E-state index in [0.29, 0.717) is 29.6 Å². The Morgan fingerprint density at radius 1 is 1.16 bits per heavy atom. The first-order valence-electron chi connectivity index (χ1n) is 10.6. The molecule has 1 aliphatic heterocycles. The van der Waals surface area contributed by atoms with Gasteiger partial charge in [0.05, 0.1) is 17.1 Å². The summed E-state index contributed by atoms with van der Waals surface area (Å²) in [5.41, 5.74) is 18.5. The molecule has 0 aliphatic carbocycles. The maximum atomic E-state index is 6.14. The number of hydrogen-bond donors (Lipinski definition) is 3. The summed E-state index contributed by atoms with van der Waals surface area (Å²) in [6.45, 7) is 22.8. The van der Waals surface area contributed by atoms with E-state index in [0.717, 1.165) is 28.8 Å². The number of nitrogens with two attached hydrogens (primary N) is 2. The van der Waals surface area contributed by atoms with Crippen LogP contribution in [0.25, 0.3) is 5.57 Å². The Hall–Kier alpha value is -3.47. The van der Waals surface area contributed by atoms with E-state index in [1.54, 1.807) is 11.0 Å². The van der Waals surface area contributed by atoms with Crippen molar-refractivity contribution < 1.29 is 0 Å². The minimum atomic E-state index is 0.529. The first-order valence-corrected chi connectivity index (χ1v) is 10.6. The topological polar surface area (TPSA) is 79.7 Å². The third-order valence-electron chi connectivity index (χ3n) is 4.72. The normalized spacial score (nSPS) is 14.8. The van der Waals surface area contributed by atoms with E-state index in [4.69, 9.17) is 11.5 Å². The molecular weight excluding hydrogens is 382 g/mol. The lowest BCUT2D eigenvalue weighted by Gasteiger charge is -2.31. The molecule has 31 heavy (non-hydrogen) atoms. The Kier molecular flexibility index (Phi) is 10.1. The highest BCUT2D eigenvalue weighted by atomic mass is 15.3. The van der Waals surface area contributed by atoms with Gasteiger partial charge in [-0.3, -0.25) is 4.90 Å². The molecule has 0 radical (unpaired) electrons. The van der Waals surface area contributed by atoms with E-state index in [2.05, 4.69) is 61.2 Å². The summed E-state index contributed by atoms with van der Waals surface area (Å²) < 4.78 is 0. The van der Waals surface area contributed by atoms with Gasteiger partial charge in [-0.25, -0.2) is 4.99 Å². The summed E-state index contributed by atoms with van der Waals surface area (Å²) in [6.07, 6.45) is 6.08. The zero-order valence-electron chi connectivity index (χ0n) is 19.6. The summed E-state index contributed by atoms with van der Waals surface area (Å²) in [7, 11) is 0. The largest absolute Gasteiger partial charge is 0.402 e. The minimum absolute atomic E-state index is 0.529. The molecule has 0 spiro atoms. The summed E-state index contributed by atoms with van der Waals surface area (Å²) in [5.74, 6) is 1.06. The van der Waals surface area contributed by atoms with Crippen LogP contribution in [0, 0.1) is 0 Å². The van der Waals surface area contributed by atoms with Gasteiger partial charge in [-0.1, -0.05) is 64.8 Å². The lowest BCUT2D eigenvalue weighted by Crippen LogP contribution is -2.32. The Labute approximate surface area is 187 Å². The Morgan fingerprint density at radius 3 is 2.26 bits per heavy atom. The molecule has 0 amide bonds. The van der Waals surface area contributed by atoms with Crippen LogP contribution in [0.2, 0.25) is 0 Å². The van der Waals surface area contributed by atoms with Gasteiger partial charge in [-0.2, -0.15) is 0 Å². The van der Waals surface area contributed by atoms with Crippen molar-refractivity contribution in [3.63, 3.8) is 0 Å². The summed E-state index contributed by atoms with van der Waals surface area (Å²) in [4.78, 5) is 6.39. The third-order valence-corrected chi connectivity index (χ3v) is 4.72. The fraction of sp³-hybridized carbons (Fsp3) is 0.269. The molecule has 2 rings (SSSR count). The fourth-order valence-electron chi connectivity index (χ4n) is 2.87. The number of allylic oxidation sites excluding steroid dienone is 4. The SMILES string of the molecule is C=C(C)C1=CC(C(=C)NCc2ccc(C(=C)CC)cc2)=N/C(=C/N)N1/C(N)=C\C.CC. The van der Waals surface area contributed by atoms with Crippen LogP contribution in [-0.4, -0.2) is 10.6 Å². The second-order valence-corrected chi connectivity index (χ2v) is 6.87. The van der Waals surface area contributed by atoms with E-state index < -0.39 is 0 Å². The molecule has 0 bridgehead atoms. The number of hydrogen-bond acceptors (Lipinski definition) is 5. The number of nitrogens with zero attached hydrogens (tertiary/aromatic N) is 2. The summed E-state index contributed by atoms with van der Waals surface area (Å²) in [6, 6.07) is 8.37. The van der Waals surface area contributed by atoms with Crippen LogP contribution in [0.3, 0.4) is 0 Å². The molecule has 1 heterocycles. The van der Waals surface area contributed by atoms with E-state index >= 15 is 0 Å². The van der Waals surface area contributed by atoms with Crippen LogP contribution in [0.1, 0.15) is 52.2 Å². The van der Waals surface area contributed by atoms with Gasteiger partial charge in [-0.15, -0.1) is 0 Å². The van der Waals surface area contributed by atoms with Gasteiger partial charge in [0.1, 0.15) is 5.82 Å². The fourth-order valence-corrected chi connectivity index (χ4v) is 2.87. The van der Waals surface area contributed by atoms with E-state index in [9.17, 15) is 0 Å². The molecule has 5 heteroatoms. The van der Waals surface area contributed by atoms with Crippen molar-refractivity contribution in [1.29, 1.82) is 0 Å². The van der Waals surface area contributed by atoms with Crippen LogP contribution >= 0.6 is 0 Å². The molecule has 5 N–H and O–H groups in total. The second-order valence-electron chi connectivity index (χ2n) is 6.87. The summed E-state index contributed by atoms with van der Waals surface area (Å²) >= 11 is 0. The predicted octanol–water partition coefficient (Wildman–Crippen LogP) is 5.53. The highest BCUT2D eigenvalue weighted by Gasteiger charge is 2.23. The highest BCUT2D eigenvalue weighted by Crippen LogP contribution is 2.28. The maximum absolute atomic E-state index is 6.14. The Balaban J connectivity index is 0.00000233. The van der Waals surface area contributed by atoms with Gasteiger partial charge in [0.2, 0.25) is 0 Å². The number of rotatable bonds is 8. The first-order chi connectivity index (χ1) is 14.8. The van der Waals surface area contributed by atoms with Crippen molar-refractivity contribution in [2.45, 2.75) is 47.6 Å². The zero-order valence-corrected chi connectivity index (χ0v) is 19.6. The standard InChI is InChI=1S/C24H31N5.C2H6/c1-7-17(5)20-11-9-19(10-12-20)15-27-18(6)21-13-22(16(3)4)29(23(26)8-2)24(14-25)28-21;1-2/h8-14,27H,3,5-7,15,25-26H2,1-2,4H3;1-2H3/b23-8-,24-14-;. The van der Waals surface area contributed by atoms with Crippen LogP contribution in [0.15, 0.2) is 96.0 Å². The molecule has 166 valence electrons. The van der Waals surface area contributed by atoms with Gasteiger partial charge in [0, 0.05) is 12.7 Å². The lowest BCUT2D eigenvalue weighted by molar-refractivity contribution is 0.514. The molecule has 5 nitrogen and oxygen atoms in total. The third kappa shape index (κ3) is 6.51. The highest BCUT2D eigenvalue weighted by molar-refractivity contribution is 6.09. The van der Waals surface area contributed by atoms with Gasteiger partial charge >= 0.3 is 0 Å². The number of nitrogens with one attached hydrogen (secondary N) is 1. The van der Waals surface area contributed by atoms with Crippen molar-refractivity contribution >= 4 is 11.3 Å². The molecule has 1 aromatic rings. The quantitative estimate of drug-likeness (QED) is 0.517. The van der Waals surface area contributed by atoms with Crippen molar-refractivity contribution in [1.82, 2.24) is 10.2 Å². The van der Waals surface area contributed by atoms with Gasteiger partial charge in [0.15, 0.2) is 5.82 Å². The van der Waals surface area contributed by atoms with E-state index in [1.807, 2.05) is 33.8 Å². The van der Waals surface area contributed by atoms with Crippen molar-refractivity contribution in [3.8, 4) is 0 Å². The monoisotopic (exact) mass is 419 g/mol.